The second kappa shape index (κ2) is 8.59. The van der Waals surface area contributed by atoms with Crippen LogP contribution < -0.4 is 10.3 Å². The largest absolute Gasteiger partial charge is 0.363 e. The molecule has 4 heteroatoms. The second-order valence-electron chi connectivity index (χ2n) is 6.73. The third kappa shape index (κ3) is 4.27. The number of halogens is 1. The summed E-state index contributed by atoms with van der Waals surface area (Å²) >= 11 is 7.73. The smallest absolute Gasteiger partial charge is 0.211 e. The van der Waals surface area contributed by atoms with E-state index in [4.69, 9.17) is 11.6 Å². The van der Waals surface area contributed by atoms with Gasteiger partial charge in [-0.2, -0.15) is 0 Å². The van der Waals surface area contributed by atoms with Crippen molar-refractivity contribution in [2.75, 3.05) is 11.4 Å². The maximum atomic E-state index is 13.2. The molecule has 0 N–H and O–H groups in total. The highest BCUT2D eigenvalue weighted by Gasteiger charge is 2.14. The van der Waals surface area contributed by atoms with Gasteiger partial charge in [-0.3, -0.25) is 4.79 Å². The Morgan fingerprint density at radius 2 is 1.54 bits per heavy atom. The van der Waals surface area contributed by atoms with Crippen LogP contribution in [0, 0.1) is 0 Å². The van der Waals surface area contributed by atoms with Gasteiger partial charge in [0.1, 0.15) is 0 Å². The maximum Gasteiger partial charge on any atom is 0.211 e. The minimum atomic E-state index is 0.0419. The zero-order valence-corrected chi connectivity index (χ0v) is 16.9. The van der Waals surface area contributed by atoms with E-state index in [2.05, 4.69) is 41.3 Å². The highest BCUT2D eigenvalue weighted by Crippen LogP contribution is 2.25. The van der Waals surface area contributed by atoms with E-state index in [0.717, 1.165) is 23.4 Å². The summed E-state index contributed by atoms with van der Waals surface area (Å²) in [6.07, 6.45) is 0.880. The SMILES string of the molecule is O=c1c(N(CCc2ccccc2)Cc2ccccc2)csc2ccc(Cl)cc12. The molecule has 1 aromatic heterocycles. The average molecular weight is 406 g/mol. The predicted octanol–water partition coefficient (Wildman–Crippen LogP) is 6.16. The number of hydrogen-bond donors (Lipinski definition) is 0. The molecule has 0 aliphatic rings. The lowest BCUT2D eigenvalue weighted by molar-refractivity contribution is 0.781. The Balaban J connectivity index is 1.70. The molecule has 0 spiro atoms. The summed E-state index contributed by atoms with van der Waals surface area (Å²) in [7, 11) is 0. The first-order valence-corrected chi connectivity index (χ1v) is 10.5. The summed E-state index contributed by atoms with van der Waals surface area (Å²) in [5.41, 5.74) is 3.23. The normalized spacial score (nSPS) is 10.9. The van der Waals surface area contributed by atoms with Crippen molar-refractivity contribution >= 4 is 38.7 Å². The topological polar surface area (TPSA) is 20.3 Å². The van der Waals surface area contributed by atoms with E-state index < -0.39 is 0 Å². The molecule has 4 aromatic rings. The Morgan fingerprint density at radius 1 is 0.857 bits per heavy atom. The molecule has 0 unspecified atom stereocenters. The number of benzene rings is 3. The molecular weight excluding hydrogens is 386 g/mol. The van der Waals surface area contributed by atoms with Crippen LogP contribution in [0.4, 0.5) is 5.69 Å². The van der Waals surface area contributed by atoms with Crippen LogP contribution in [0.5, 0.6) is 0 Å². The molecule has 0 fully saturated rings. The van der Waals surface area contributed by atoms with E-state index in [1.54, 1.807) is 17.4 Å². The third-order valence-corrected chi connectivity index (χ3v) is 5.97. The van der Waals surface area contributed by atoms with Crippen molar-refractivity contribution in [3.05, 3.63) is 111 Å². The molecular formula is C24H20ClNOS. The van der Waals surface area contributed by atoms with E-state index in [1.807, 2.05) is 41.8 Å². The summed E-state index contributed by atoms with van der Waals surface area (Å²) in [6.45, 7) is 1.47. The van der Waals surface area contributed by atoms with Gasteiger partial charge in [0.25, 0.3) is 0 Å². The van der Waals surface area contributed by atoms with Crippen LogP contribution in [0.3, 0.4) is 0 Å². The standard InChI is InChI=1S/C24H20ClNOS/c25-20-11-12-23-21(15-20)24(27)22(17-28-23)26(16-19-9-5-2-6-10-19)14-13-18-7-3-1-4-8-18/h1-12,15,17H,13-14,16H2. The van der Waals surface area contributed by atoms with Gasteiger partial charge >= 0.3 is 0 Å². The summed E-state index contributed by atoms with van der Waals surface area (Å²) < 4.78 is 0.959. The fourth-order valence-corrected chi connectivity index (χ4v) is 4.40. The summed E-state index contributed by atoms with van der Waals surface area (Å²) in [4.78, 5) is 15.4. The molecule has 0 aliphatic carbocycles. The zero-order valence-electron chi connectivity index (χ0n) is 15.3. The molecule has 0 amide bonds. The van der Waals surface area contributed by atoms with Crippen LogP contribution in [0.25, 0.3) is 10.1 Å². The molecule has 0 aliphatic heterocycles. The summed E-state index contributed by atoms with van der Waals surface area (Å²) in [5, 5.41) is 3.26. The molecule has 2 nitrogen and oxygen atoms in total. The van der Waals surface area contributed by atoms with Crippen molar-refractivity contribution in [2.45, 2.75) is 13.0 Å². The molecule has 1 heterocycles. The minimum Gasteiger partial charge on any atom is -0.363 e. The first-order valence-electron chi connectivity index (χ1n) is 9.24. The fourth-order valence-electron chi connectivity index (χ4n) is 3.31. The van der Waals surface area contributed by atoms with Crippen molar-refractivity contribution in [2.24, 2.45) is 0 Å². The number of nitrogens with zero attached hydrogens (tertiary/aromatic N) is 1. The van der Waals surface area contributed by atoms with Crippen LogP contribution in [0.15, 0.2) is 89.0 Å². The first-order chi connectivity index (χ1) is 13.7. The molecule has 0 atom stereocenters. The zero-order chi connectivity index (χ0) is 19.3. The quantitative estimate of drug-likeness (QED) is 0.382. The average Bonchev–Trinajstić information content (AvgIpc) is 2.73. The van der Waals surface area contributed by atoms with Gasteiger partial charge in [-0.1, -0.05) is 72.3 Å². The van der Waals surface area contributed by atoms with Gasteiger partial charge in [-0.25, -0.2) is 0 Å². The lowest BCUT2D eigenvalue weighted by Gasteiger charge is -2.24. The molecule has 0 bridgehead atoms. The number of hydrogen-bond acceptors (Lipinski definition) is 3. The number of rotatable bonds is 6. The van der Waals surface area contributed by atoms with Crippen molar-refractivity contribution in [3.63, 3.8) is 0 Å². The Hall–Kier alpha value is -2.62. The Kier molecular flexibility index (Phi) is 5.75. The summed E-state index contributed by atoms with van der Waals surface area (Å²) in [6, 6.07) is 26.2. The van der Waals surface area contributed by atoms with Crippen molar-refractivity contribution in [1.29, 1.82) is 0 Å². The van der Waals surface area contributed by atoms with Gasteiger partial charge in [0, 0.05) is 33.6 Å². The van der Waals surface area contributed by atoms with Crippen LogP contribution in [0.2, 0.25) is 5.02 Å². The van der Waals surface area contributed by atoms with Crippen LogP contribution in [-0.2, 0) is 13.0 Å². The fraction of sp³-hybridized carbons (Fsp3) is 0.125. The molecule has 0 saturated heterocycles. The Bertz CT molecular complexity index is 1130. The molecule has 28 heavy (non-hydrogen) atoms. The van der Waals surface area contributed by atoms with E-state index in [-0.39, 0.29) is 5.43 Å². The minimum absolute atomic E-state index is 0.0419. The molecule has 4 rings (SSSR count). The number of anilines is 1. The molecule has 0 saturated carbocycles. The molecule has 140 valence electrons. The van der Waals surface area contributed by atoms with Gasteiger partial charge < -0.3 is 4.90 Å². The highest BCUT2D eigenvalue weighted by atomic mass is 35.5. The van der Waals surface area contributed by atoms with E-state index in [1.165, 1.54) is 11.1 Å². The van der Waals surface area contributed by atoms with Crippen molar-refractivity contribution in [3.8, 4) is 0 Å². The van der Waals surface area contributed by atoms with Crippen LogP contribution in [-0.4, -0.2) is 6.54 Å². The highest BCUT2D eigenvalue weighted by molar-refractivity contribution is 7.16. The lowest BCUT2D eigenvalue weighted by Crippen LogP contribution is -2.29. The van der Waals surface area contributed by atoms with Gasteiger partial charge in [0.15, 0.2) is 0 Å². The monoisotopic (exact) mass is 405 g/mol. The summed E-state index contributed by atoms with van der Waals surface area (Å²) in [5.74, 6) is 0. The van der Waals surface area contributed by atoms with Gasteiger partial charge in [-0.15, -0.1) is 11.3 Å². The lowest BCUT2D eigenvalue weighted by atomic mass is 10.1. The third-order valence-electron chi connectivity index (χ3n) is 4.79. The second-order valence-corrected chi connectivity index (χ2v) is 8.08. The van der Waals surface area contributed by atoms with Gasteiger partial charge in [-0.05, 0) is 35.7 Å². The number of fused-ring (bicyclic) bond motifs is 1. The van der Waals surface area contributed by atoms with Crippen LogP contribution >= 0.6 is 22.9 Å². The molecule has 3 aromatic carbocycles. The Labute approximate surface area is 173 Å². The maximum absolute atomic E-state index is 13.2. The van der Waals surface area contributed by atoms with Gasteiger partial charge in [0.2, 0.25) is 5.43 Å². The van der Waals surface area contributed by atoms with Crippen LogP contribution in [0.1, 0.15) is 11.1 Å². The first kappa shape index (κ1) is 18.7. The van der Waals surface area contributed by atoms with Crippen molar-refractivity contribution < 1.29 is 0 Å². The molecule has 0 radical (unpaired) electrons. The Morgan fingerprint density at radius 3 is 2.25 bits per heavy atom. The van der Waals surface area contributed by atoms with E-state index in [9.17, 15) is 4.79 Å². The van der Waals surface area contributed by atoms with E-state index in [0.29, 0.717) is 17.0 Å². The van der Waals surface area contributed by atoms with Gasteiger partial charge in [0.05, 0.1) is 5.69 Å². The van der Waals surface area contributed by atoms with Crippen molar-refractivity contribution in [1.82, 2.24) is 0 Å². The predicted molar refractivity (Wildman–Crippen MR) is 121 cm³/mol. The van der Waals surface area contributed by atoms with E-state index >= 15 is 0 Å².